The van der Waals surface area contributed by atoms with Gasteiger partial charge in [0.15, 0.2) is 11.5 Å². The number of nitrogen functional groups attached to an aromatic ring is 1. The van der Waals surface area contributed by atoms with E-state index in [4.69, 9.17) is 15.2 Å². The van der Waals surface area contributed by atoms with E-state index >= 15 is 0 Å². The quantitative estimate of drug-likeness (QED) is 0.634. The zero-order valence-corrected chi connectivity index (χ0v) is 17.5. The lowest BCUT2D eigenvalue weighted by Crippen LogP contribution is -2.49. The molecule has 0 amide bonds. The molecule has 4 rings (SSSR count). The molecule has 2 aromatic heterocycles. The molecule has 1 fully saturated rings. The van der Waals surface area contributed by atoms with Crippen molar-refractivity contribution >= 4 is 32.7 Å². The van der Waals surface area contributed by atoms with Crippen LogP contribution in [0.15, 0.2) is 41.6 Å². The van der Waals surface area contributed by atoms with Gasteiger partial charge < -0.3 is 20.1 Å². The summed E-state index contributed by atoms with van der Waals surface area (Å²) in [6, 6.07) is 6.64. The molecule has 10 nitrogen and oxygen atoms in total. The van der Waals surface area contributed by atoms with Crippen molar-refractivity contribution in [2.45, 2.75) is 4.90 Å². The molecule has 1 aliphatic heterocycles. The molecule has 3 aromatic rings. The second kappa shape index (κ2) is 7.92. The molecule has 30 heavy (non-hydrogen) atoms. The third-order valence-electron chi connectivity index (χ3n) is 5.01. The molecule has 11 heteroatoms. The Hall–Kier alpha value is -3.18. The maximum atomic E-state index is 12.8. The third kappa shape index (κ3) is 3.57. The number of pyridine rings is 1. The Morgan fingerprint density at radius 3 is 2.37 bits per heavy atom. The van der Waals surface area contributed by atoms with Crippen molar-refractivity contribution in [2.24, 2.45) is 0 Å². The number of hydrogen-bond acceptors (Lipinski definition) is 9. The number of methoxy groups -OCH3 is 2. The van der Waals surface area contributed by atoms with Gasteiger partial charge in [-0.2, -0.15) is 9.29 Å². The first-order chi connectivity index (χ1) is 14.4. The van der Waals surface area contributed by atoms with Crippen molar-refractivity contribution in [3.63, 3.8) is 0 Å². The number of aromatic nitrogens is 3. The highest BCUT2D eigenvalue weighted by Crippen LogP contribution is 2.34. The zero-order chi connectivity index (χ0) is 21.3. The van der Waals surface area contributed by atoms with Gasteiger partial charge in [-0.15, -0.1) is 0 Å². The summed E-state index contributed by atoms with van der Waals surface area (Å²) in [6.07, 6.45) is 2.90. The topological polar surface area (TPSA) is 124 Å². The Morgan fingerprint density at radius 1 is 1.03 bits per heavy atom. The summed E-state index contributed by atoms with van der Waals surface area (Å²) in [5, 5.41) is 0.661. The lowest BCUT2D eigenvalue weighted by molar-refractivity contribution is 0.356. The minimum Gasteiger partial charge on any atom is -0.493 e. The molecule has 0 radical (unpaired) electrons. The average molecular weight is 430 g/mol. The van der Waals surface area contributed by atoms with Crippen LogP contribution in [0, 0.1) is 0 Å². The highest BCUT2D eigenvalue weighted by molar-refractivity contribution is 7.89. The van der Waals surface area contributed by atoms with Gasteiger partial charge >= 0.3 is 0 Å². The summed E-state index contributed by atoms with van der Waals surface area (Å²) in [4.78, 5) is 15.0. The van der Waals surface area contributed by atoms with E-state index in [1.54, 1.807) is 44.7 Å². The number of nitrogens with two attached hydrogens (primary N) is 1. The fraction of sp³-hybridized carbons (Fsp3) is 0.316. The second-order valence-electron chi connectivity index (χ2n) is 6.71. The third-order valence-corrected chi connectivity index (χ3v) is 6.89. The molecule has 0 spiro atoms. The molecule has 1 saturated heterocycles. The number of sulfonamides is 1. The predicted octanol–water partition coefficient (Wildman–Crippen LogP) is 1.14. The minimum absolute atomic E-state index is 0.186. The molecule has 2 N–H and O–H groups in total. The van der Waals surface area contributed by atoms with E-state index in [1.807, 2.05) is 4.90 Å². The molecule has 0 aliphatic carbocycles. The first kappa shape index (κ1) is 20.1. The molecule has 1 aromatic carbocycles. The van der Waals surface area contributed by atoms with Crippen LogP contribution >= 0.6 is 0 Å². The van der Waals surface area contributed by atoms with Crippen LogP contribution in [-0.2, 0) is 10.0 Å². The number of fused-ring (bicyclic) bond motifs is 1. The standard InChI is InChI=1S/C19H22N6O4S/c1-28-16-10-14-15(11-17(16)29-2)22-19(23-18(14)20)24-6-8-25(9-7-24)30(26,27)13-4-3-5-21-12-13/h3-5,10-12H,6-9H2,1-2H3,(H2,20,22,23). The van der Waals surface area contributed by atoms with E-state index in [-0.39, 0.29) is 4.90 Å². The van der Waals surface area contributed by atoms with E-state index in [0.29, 0.717) is 60.3 Å². The van der Waals surface area contributed by atoms with Gasteiger partial charge in [0.05, 0.1) is 19.7 Å². The second-order valence-corrected chi connectivity index (χ2v) is 8.65. The smallest absolute Gasteiger partial charge is 0.244 e. The van der Waals surface area contributed by atoms with Crippen molar-refractivity contribution < 1.29 is 17.9 Å². The Balaban J connectivity index is 1.57. The van der Waals surface area contributed by atoms with Crippen molar-refractivity contribution in [3.8, 4) is 11.5 Å². The van der Waals surface area contributed by atoms with E-state index in [0.717, 1.165) is 0 Å². The van der Waals surface area contributed by atoms with Gasteiger partial charge in [0.1, 0.15) is 10.7 Å². The van der Waals surface area contributed by atoms with E-state index in [9.17, 15) is 8.42 Å². The van der Waals surface area contributed by atoms with Crippen LogP contribution in [0.3, 0.4) is 0 Å². The Kier molecular flexibility index (Phi) is 5.31. The van der Waals surface area contributed by atoms with Crippen molar-refractivity contribution in [1.82, 2.24) is 19.3 Å². The highest BCUT2D eigenvalue weighted by Gasteiger charge is 2.29. The number of ether oxygens (including phenoxy) is 2. The summed E-state index contributed by atoms with van der Waals surface area (Å²) < 4.78 is 37.7. The number of benzene rings is 1. The van der Waals surface area contributed by atoms with Crippen molar-refractivity contribution in [2.75, 3.05) is 51.0 Å². The zero-order valence-electron chi connectivity index (χ0n) is 16.6. The molecule has 0 saturated carbocycles. The SMILES string of the molecule is COc1cc2nc(N3CCN(S(=O)(=O)c4cccnc4)CC3)nc(N)c2cc1OC. The maximum absolute atomic E-state index is 12.8. The molecule has 0 unspecified atom stereocenters. The maximum Gasteiger partial charge on any atom is 0.244 e. The average Bonchev–Trinajstić information content (AvgIpc) is 2.78. The summed E-state index contributed by atoms with van der Waals surface area (Å²) in [5.41, 5.74) is 6.79. The van der Waals surface area contributed by atoms with Crippen LogP contribution in [-0.4, -0.2) is 68.1 Å². The number of hydrogen-bond donors (Lipinski definition) is 1. The number of anilines is 2. The van der Waals surface area contributed by atoms with Crippen LogP contribution < -0.4 is 20.1 Å². The molecule has 1 aliphatic rings. The largest absolute Gasteiger partial charge is 0.493 e. The Labute approximate surface area is 174 Å². The van der Waals surface area contributed by atoms with Crippen LogP contribution in [0.4, 0.5) is 11.8 Å². The lowest BCUT2D eigenvalue weighted by atomic mass is 10.2. The molecular weight excluding hydrogens is 408 g/mol. The van der Waals surface area contributed by atoms with E-state index in [1.165, 1.54) is 10.5 Å². The van der Waals surface area contributed by atoms with E-state index < -0.39 is 10.0 Å². The normalized spacial score (nSPS) is 15.3. The van der Waals surface area contributed by atoms with Gasteiger partial charge in [-0.25, -0.2) is 13.4 Å². The van der Waals surface area contributed by atoms with Crippen molar-refractivity contribution in [1.29, 1.82) is 0 Å². The van der Waals surface area contributed by atoms with Crippen LogP contribution in [0.5, 0.6) is 11.5 Å². The van der Waals surface area contributed by atoms with Gasteiger partial charge in [0.2, 0.25) is 16.0 Å². The van der Waals surface area contributed by atoms with Crippen LogP contribution in [0.25, 0.3) is 10.9 Å². The lowest BCUT2D eigenvalue weighted by Gasteiger charge is -2.34. The van der Waals surface area contributed by atoms with Crippen molar-refractivity contribution in [3.05, 3.63) is 36.7 Å². The molecule has 0 atom stereocenters. The highest BCUT2D eigenvalue weighted by atomic mass is 32.2. The fourth-order valence-corrected chi connectivity index (χ4v) is 4.77. The minimum atomic E-state index is -3.58. The van der Waals surface area contributed by atoms with Gasteiger partial charge in [-0.05, 0) is 18.2 Å². The number of nitrogens with zero attached hydrogens (tertiary/aromatic N) is 5. The monoisotopic (exact) mass is 430 g/mol. The Morgan fingerprint density at radius 2 is 1.73 bits per heavy atom. The van der Waals surface area contributed by atoms with Crippen LogP contribution in [0.2, 0.25) is 0 Å². The van der Waals surface area contributed by atoms with Crippen LogP contribution in [0.1, 0.15) is 0 Å². The summed E-state index contributed by atoms with van der Waals surface area (Å²) in [7, 11) is -0.477. The summed E-state index contributed by atoms with van der Waals surface area (Å²) >= 11 is 0. The molecule has 0 bridgehead atoms. The molecule has 3 heterocycles. The fourth-order valence-electron chi connectivity index (χ4n) is 3.39. The summed E-state index contributed by atoms with van der Waals surface area (Å²) in [5.74, 6) is 1.86. The predicted molar refractivity (Wildman–Crippen MR) is 112 cm³/mol. The number of piperazine rings is 1. The van der Waals surface area contributed by atoms with Gasteiger partial charge in [0, 0.05) is 50.0 Å². The first-order valence-corrected chi connectivity index (χ1v) is 10.7. The number of rotatable bonds is 5. The van der Waals surface area contributed by atoms with E-state index in [2.05, 4.69) is 15.0 Å². The van der Waals surface area contributed by atoms with Gasteiger partial charge in [0.25, 0.3) is 0 Å². The molecule has 158 valence electrons. The van der Waals surface area contributed by atoms with Gasteiger partial charge in [-0.3, -0.25) is 4.98 Å². The molecular formula is C19H22N6O4S. The Bertz CT molecular complexity index is 1160. The summed E-state index contributed by atoms with van der Waals surface area (Å²) in [6.45, 7) is 1.50. The first-order valence-electron chi connectivity index (χ1n) is 9.28. The van der Waals surface area contributed by atoms with Gasteiger partial charge in [-0.1, -0.05) is 0 Å².